The van der Waals surface area contributed by atoms with Crippen LogP contribution < -0.4 is 11.1 Å². The van der Waals surface area contributed by atoms with Gasteiger partial charge < -0.3 is 11.1 Å². The lowest BCUT2D eigenvalue weighted by Gasteiger charge is -2.36. The van der Waals surface area contributed by atoms with Crippen molar-refractivity contribution >= 4 is 38.2 Å². The summed E-state index contributed by atoms with van der Waals surface area (Å²) in [5.74, 6) is -0.733. The quantitative estimate of drug-likeness (QED) is 0.678. The molecule has 2 aromatic rings. The van der Waals surface area contributed by atoms with Crippen LogP contribution >= 0.6 is 11.3 Å². The van der Waals surface area contributed by atoms with E-state index >= 15 is 0 Å². The minimum atomic E-state index is -3.54. The Morgan fingerprint density at radius 3 is 2.42 bits per heavy atom. The van der Waals surface area contributed by atoms with Crippen molar-refractivity contribution in [2.75, 3.05) is 31.5 Å². The Labute approximate surface area is 186 Å². The number of sulfonamides is 1. The summed E-state index contributed by atoms with van der Waals surface area (Å²) in [5.41, 5.74) is 6.99. The lowest BCUT2D eigenvalue weighted by molar-refractivity contribution is -0.121. The molecular formula is C21H26N4O4S2. The van der Waals surface area contributed by atoms with Gasteiger partial charge in [0.25, 0.3) is 5.91 Å². The van der Waals surface area contributed by atoms with Crippen LogP contribution in [0.5, 0.6) is 0 Å². The zero-order chi connectivity index (χ0) is 22.2. The van der Waals surface area contributed by atoms with Crippen molar-refractivity contribution in [3.63, 3.8) is 0 Å². The molecule has 3 N–H and O–H groups in total. The van der Waals surface area contributed by atoms with Crippen LogP contribution in [0, 0.1) is 0 Å². The average molecular weight is 463 g/mol. The lowest BCUT2D eigenvalue weighted by atomic mass is 10.1. The normalized spacial score (nSPS) is 18.5. The summed E-state index contributed by atoms with van der Waals surface area (Å²) >= 11 is 1.43. The summed E-state index contributed by atoms with van der Waals surface area (Å²) in [4.78, 5) is 28.2. The Bertz CT molecular complexity index is 1090. The van der Waals surface area contributed by atoms with Crippen molar-refractivity contribution < 1.29 is 18.0 Å². The number of anilines is 1. The number of carbonyl (C=O) groups is 2. The number of benzene rings is 1. The van der Waals surface area contributed by atoms with E-state index in [4.69, 9.17) is 5.73 Å². The van der Waals surface area contributed by atoms with Crippen molar-refractivity contribution in [2.24, 2.45) is 5.73 Å². The number of piperazine rings is 1. The van der Waals surface area contributed by atoms with Gasteiger partial charge in [-0.3, -0.25) is 14.5 Å². The number of hydrogen-bond acceptors (Lipinski definition) is 6. The number of amides is 2. The second kappa shape index (κ2) is 8.70. The predicted molar refractivity (Wildman–Crippen MR) is 120 cm³/mol. The first-order valence-electron chi connectivity index (χ1n) is 10.3. The van der Waals surface area contributed by atoms with Gasteiger partial charge in [-0.05, 0) is 43.9 Å². The Morgan fingerprint density at radius 2 is 1.77 bits per heavy atom. The summed E-state index contributed by atoms with van der Waals surface area (Å²) in [6.45, 7) is 3.32. The van der Waals surface area contributed by atoms with Crippen molar-refractivity contribution in [3.8, 4) is 0 Å². The number of nitrogens with two attached hydrogens (primary N) is 1. The molecule has 1 atom stereocenters. The zero-order valence-corrected chi connectivity index (χ0v) is 19.0. The molecule has 2 amide bonds. The standard InChI is InChI=1S/C21H26N4O4S2/c1-14(20(27)23-21-18(19(22)26)16-8-5-9-17(16)30-21)24-10-12-25(13-11-24)31(28,29)15-6-3-2-4-7-15/h2-4,6-7,14H,5,8-13H2,1H3,(H2,22,26)(H,23,27). The zero-order valence-electron chi connectivity index (χ0n) is 17.3. The van der Waals surface area contributed by atoms with E-state index in [-0.39, 0.29) is 10.8 Å². The Hall–Kier alpha value is -2.27. The Morgan fingerprint density at radius 1 is 1.10 bits per heavy atom. The third-order valence-corrected chi connectivity index (χ3v) is 9.11. The molecule has 10 heteroatoms. The predicted octanol–water partition coefficient (Wildman–Crippen LogP) is 1.67. The summed E-state index contributed by atoms with van der Waals surface area (Å²) in [6, 6.07) is 7.91. The summed E-state index contributed by atoms with van der Waals surface area (Å²) in [6.07, 6.45) is 2.72. The molecule has 0 radical (unpaired) electrons. The second-order valence-electron chi connectivity index (χ2n) is 7.84. The largest absolute Gasteiger partial charge is 0.365 e. The maximum absolute atomic E-state index is 12.9. The van der Waals surface area contributed by atoms with E-state index in [1.54, 1.807) is 37.3 Å². The first-order valence-corrected chi connectivity index (χ1v) is 12.6. The highest BCUT2D eigenvalue weighted by atomic mass is 32.2. The van der Waals surface area contributed by atoms with Crippen LogP contribution in [0.4, 0.5) is 5.00 Å². The molecule has 2 heterocycles. The monoisotopic (exact) mass is 462 g/mol. The summed E-state index contributed by atoms with van der Waals surface area (Å²) in [5, 5.41) is 3.42. The van der Waals surface area contributed by atoms with E-state index in [0.29, 0.717) is 36.7 Å². The van der Waals surface area contributed by atoms with Crippen molar-refractivity contribution in [1.29, 1.82) is 0 Å². The molecule has 1 aromatic heterocycles. The van der Waals surface area contributed by atoms with Crippen molar-refractivity contribution in [1.82, 2.24) is 9.21 Å². The molecule has 1 fully saturated rings. The first kappa shape index (κ1) is 21.9. The molecule has 1 aromatic carbocycles. The molecule has 1 aliphatic carbocycles. The van der Waals surface area contributed by atoms with Gasteiger partial charge in [-0.2, -0.15) is 4.31 Å². The number of carbonyl (C=O) groups excluding carboxylic acids is 2. The number of thiophene rings is 1. The fourth-order valence-electron chi connectivity index (χ4n) is 4.21. The van der Waals surface area contributed by atoms with E-state index in [9.17, 15) is 18.0 Å². The fraction of sp³-hybridized carbons (Fsp3) is 0.429. The van der Waals surface area contributed by atoms with E-state index < -0.39 is 22.0 Å². The summed E-state index contributed by atoms with van der Waals surface area (Å²) < 4.78 is 27.0. The Balaban J connectivity index is 1.40. The SMILES string of the molecule is CC(C(=O)Nc1sc2c(c1C(N)=O)CCC2)N1CCN(S(=O)(=O)c2ccccc2)CC1. The number of nitrogens with one attached hydrogen (secondary N) is 1. The number of rotatable bonds is 6. The minimum absolute atomic E-state index is 0.221. The van der Waals surface area contributed by atoms with Crippen molar-refractivity contribution in [2.45, 2.75) is 37.1 Å². The molecule has 31 heavy (non-hydrogen) atoms. The molecule has 1 saturated heterocycles. The van der Waals surface area contributed by atoms with Crippen LogP contribution in [0.15, 0.2) is 35.2 Å². The molecule has 1 aliphatic heterocycles. The van der Waals surface area contributed by atoms with E-state index in [1.807, 2.05) is 4.90 Å². The maximum Gasteiger partial charge on any atom is 0.251 e. The number of primary amides is 1. The van der Waals surface area contributed by atoms with Crippen LogP contribution in [-0.4, -0.2) is 61.7 Å². The molecule has 4 rings (SSSR count). The fourth-order valence-corrected chi connectivity index (χ4v) is 6.95. The van der Waals surface area contributed by atoms with Crippen LogP contribution in [0.1, 0.15) is 34.1 Å². The smallest absolute Gasteiger partial charge is 0.251 e. The van der Waals surface area contributed by atoms with Crippen LogP contribution in [-0.2, 0) is 27.7 Å². The number of nitrogens with zero attached hydrogens (tertiary/aromatic N) is 2. The lowest BCUT2D eigenvalue weighted by Crippen LogP contribution is -2.53. The van der Waals surface area contributed by atoms with E-state index in [1.165, 1.54) is 15.6 Å². The molecular weight excluding hydrogens is 436 g/mol. The van der Waals surface area contributed by atoms with Gasteiger partial charge in [-0.15, -0.1) is 11.3 Å². The highest BCUT2D eigenvalue weighted by molar-refractivity contribution is 7.89. The van der Waals surface area contributed by atoms with Crippen molar-refractivity contribution in [3.05, 3.63) is 46.3 Å². The molecule has 0 spiro atoms. The van der Waals surface area contributed by atoms with Gasteiger partial charge in [0.2, 0.25) is 15.9 Å². The molecule has 0 saturated carbocycles. The third kappa shape index (κ3) is 4.25. The molecule has 166 valence electrons. The molecule has 8 nitrogen and oxygen atoms in total. The van der Waals surface area contributed by atoms with Crippen LogP contribution in [0.25, 0.3) is 0 Å². The van der Waals surface area contributed by atoms with Gasteiger partial charge in [-0.25, -0.2) is 8.42 Å². The van der Waals surface area contributed by atoms with Crippen LogP contribution in [0.2, 0.25) is 0 Å². The number of fused-ring (bicyclic) bond motifs is 1. The van der Waals surface area contributed by atoms with Gasteiger partial charge in [0.1, 0.15) is 5.00 Å². The molecule has 1 unspecified atom stereocenters. The van der Waals surface area contributed by atoms with Gasteiger partial charge in [0.15, 0.2) is 0 Å². The highest BCUT2D eigenvalue weighted by Crippen LogP contribution is 2.39. The van der Waals surface area contributed by atoms with E-state index in [0.717, 1.165) is 29.7 Å². The van der Waals surface area contributed by atoms with Gasteiger partial charge >= 0.3 is 0 Å². The summed E-state index contributed by atoms with van der Waals surface area (Å²) in [7, 11) is -3.54. The van der Waals surface area contributed by atoms with Crippen LogP contribution in [0.3, 0.4) is 0 Å². The third-order valence-electron chi connectivity index (χ3n) is 5.99. The minimum Gasteiger partial charge on any atom is -0.365 e. The van der Waals surface area contributed by atoms with Gasteiger partial charge in [-0.1, -0.05) is 18.2 Å². The van der Waals surface area contributed by atoms with Gasteiger partial charge in [0.05, 0.1) is 16.5 Å². The Kier molecular flexibility index (Phi) is 6.16. The maximum atomic E-state index is 12.9. The van der Waals surface area contributed by atoms with E-state index in [2.05, 4.69) is 5.32 Å². The first-order chi connectivity index (χ1) is 14.8. The average Bonchev–Trinajstić information content (AvgIpc) is 3.34. The second-order valence-corrected chi connectivity index (χ2v) is 10.9. The molecule has 0 bridgehead atoms. The highest BCUT2D eigenvalue weighted by Gasteiger charge is 2.33. The van der Waals surface area contributed by atoms with Gasteiger partial charge in [0, 0.05) is 31.1 Å². The molecule has 2 aliphatic rings. The topological polar surface area (TPSA) is 113 Å². The number of hydrogen-bond donors (Lipinski definition) is 2. The number of aryl methyl sites for hydroxylation is 1.